The Labute approximate surface area is 170 Å². The summed E-state index contributed by atoms with van der Waals surface area (Å²) < 4.78 is 84.9. The van der Waals surface area contributed by atoms with Gasteiger partial charge in [0.2, 0.25) is 0 Å². The second-order valence-electron chi connectivity index (χ2n) is 7.30. The van der Waals surface area contributed by atoms with Crippen molar-refractivity contribution in [2.75, 3.05) is 11.9 Å². The molecule has 1 saturated carbocycles. The first-order chi connectivity index (χ1) is 14.1. The lowest BCUT2D eigenvalue weighted by Gasteiger charge is -2.30. The van der Waals surface area contributed by atoms with Crippen LogP contribution in [0.15, 0.2) is 48.5 Å². The van der Waals surface area contributed by atoms with Crippen molar-refractivity contribution in [2.24, 2.45) is 11.8 Å². The lowest BCUT2D eigenvalue weighted by atomic mass is 9.81. The third kappa shape index (κ3) is 6.74. The summed E-state index contributed by atoms with van der Waals surface area (Å²) in [6.07, 6.45) is -7.28. The number of rotatable bonds is 6. The first kappa shape index (κ1) is 22.1. The fourth-order valence-electron chi connectivity index (χ4n) is 3.55. The van der Waals surface area contributed by atoms with Crippen molar-refractivity contribution in [3.8, 4) is 17.2 Å². The highest BCUT2D eigenvalue weighted by molar-refractivity contribution is 5.49. The van der Waals surface area contributed by atoms with Crippen molar-refractivity contribution in [3.63, 3.8) is 0 Å². The van der Waals surface area contributed by atoms with E-state index >= 15 is 0 Å². The van der Waals surface area contributed by atoms with Crippen LogP contribution in [0.5, 0.6) is 17.2 Å². The molecule has 2 unspecified atom stereocenters. The SMILES string of the molecule is FC(F)(F)Oc1ccc(Oc2cccc(NCC3CCCC(C(F)(F)F)C3)c2)cc1. The summed E-state index contributed by atoms with van der Waals surface area (Å²) in [6, 6.07) is 11.8. The van der Waals surface area contributed by atoms with Gasteiger partial charge in [-0.1, -0.05) is 12.5 Å². The maximum absolute atomic E-state index is 12.9. The number of hydrogen-bond donors (Lipinski definition) is 1. The second-order valence-corrected chi connectivity index (χ2v) is 7.30. The molecule has 0 aliphatic heterocycles. The molecule has 1 aliphatic carbocycles. The highest BCUT2D eigenvalue weighted by Gasteiger charge is 2.42. The van der Waals surface area contributed by atoms with Crippen molar-refractivity contribution in [3.05, 3.63) is 48.5 Å². The predicted molar refractivity (Wildman–Crippen MR) is 99.6 cm³/mol. The van der Waals surface area contributed by atoms with Crippen molar-refractivity contribution >= 4 is 5.69 Å². The van der Waals surface area contributed by atoms with E-state index in [1.54, 1.807) is 24.3 Å². The van der Waals surface area contributed by atoms with Crippen molar-refractivity contribution in [1.29, 1.82) is 0 Å². The third-order valence-corrected chi connectivity index (χ3v) is 4.97. The minimum absolute atomic E-state index is 0.0591. The van der Waals surface area contributed by atoms with Crippen LogP contribution in [0.1, 0.15) is 25.7 Å². The van der Waals surface area contributed by atoms with Gasteiger partial charge in [-0.2, -0.15) is 13.2 Å². The molecular formula is C21H21F6NO2. The lowest BCUT2D eigenvalue weighted by molar-refractivity contribution is -0.274. The zero-order valence-electron chi connectivity index (χ0n) is 15.9. The van der Waals surface area contributed by atoms with Gasteiger partial charge in [0.1, 0.15) is 17.2 Å². The summed E-state index contributed by atoms with van der Waals surface area (Å²) in [5.74, 6) is -0.883. The van der Waals surface area contributed by atoms with Gasteiger partial charge < -0.3 is 14.8 Å². The van der Waals surface area contributed by atoms with Gasteiger partial charge in [-0.15, -0.1) is 13.2 Å². The highest BCUT2D eigenvalue weighted by Crippen LogP contribution is 2.40. The fourth-order valence-corrected chi connectivity index (χ4v) is 3.55. The fraction of sp³-hybridized carbons (Fsp3) is 0.429. The largest absolute Gasteiger partial charge is 0.573 e. The Morgan fingerprint density at radius 1 is 0.867 bits per heavy atom. The number of alkyl halides is 6. The number of nitrogens with one attached hydrogen (secondary N) is 1. The minimum atomic E-state index is -4.76. The predicted octanol–water partition coefficient (Wildman–Crippen LogP) is 7.16. The first-order valence-corrected chi connectivity index (χ1v) is 9.53. The number of hydrogen-bond acceptors (Lipinski definition) is 3. The molecule has 0 aromatic heterocycles. The smallest absolute Gasteiger partial charge is 0.457 e. The summed E-state index contributed by atoms with van der Waals surface area (Å²) in [5.41, 5.74) is 0.693. The Morgan fingerprint density at radius 2 is 1.57 bits per heavy atom. The minimum Gasteiger partial charge on any atom is -0.457 e. The molecule has 0 radical (unpaired) electrons. The van der Waals surface area contributed by atoms with E-state index in [4.69, 9.17) is 4.74 Å². The molecule has 0 heterocycles. The Kier molecular flexibility index (Phi) is 6.67. The zero-order chi connectivity index (χ0) is 21.8. The molecule has 3 nitrogen and oxygen atoms in total. The van der Waals surface area contributed by atoms with Crippen LogP contribution in [0.4, 0.5) is 32.0 Å². The van der Waals surface area contributed by atoms with Crippen LogP contribution in [-0.4, -0.2) is 19.1 Å². The summed E-state index contributed by atoms with van der Waals surface area (Å²) >= 11 is 0. The van der Waals surface area contributed by atoms with Gasteiger partial charge in [0.15, 0.2) is 0 Å². The van der Waals surface area contributed by atoms with E-state index in [0.717, 1.165) is 18.6 Å². The number of benzene rings is 2. The van der Waals surface area contributed by atoms with Gasteiger partial charge in [-0.25, -0.2) is 0 Å². The van der Waals surface area contributed by atoms with Crippen LogP contribution >= 0.6 is 0 Å². The maximum atomic E-state index is 12.9. The Bertz CT molecular complexity index is 819. The lowest BCUT2D eigenvalue weighted by Crippen LogP contribution is -2.31. The van der Waals surface area contributed by atoms with Gasteiger partial charge in [-0.3, -0.25) is 0 Å². The molecule has 2 aromatic rings. The van der Waals surface area contributed by atoms with Gasteiger partial charge in [-0.05, 0) is 61.6 Å². The average Bonchev–Trinajstić information content (AvgIpc) is 2.67. The second kappa shape index (κ2) is 9.06. The quantitative estimate of drug-likeness (QED) is 0.491. The van der Waals surface area contributed by atoms with E-state index in [1.165, 1.54) is 12.1 Å². The normalized spacial score (nSPS) is 19.9. The third-order valence-electron chi connectivity index (χ3n) is 4.97. The molecule has 0 spiro atoms. The standard InChI is InChI=1S/C21H21F6NO2/c22-20(23,24)15-4-1-3-14(11-15)13-28-16-5-2-6-19(12-16)29-17-7-9-18(10-8-17)30-21(25,26)27/h2,5-10,12,14-15,28H,1,3-4,11,13H2. The first-order valence-electron chi connectivity index (χ1n) is 9.53. The topological polar surface area (TPSA) is 30.5 Å². The van der Waals surface area contributed by atoms with E-state index in [2.05, 4.69) is 10.1 Å². The van der Waals surface area contributed by atoms with Crippen LogP contribution in [-0.2, 0) is 0 Å². The van der Waals surface area contributed by atoms with Crippen LogP contribution < -0.4 is 14.8 Å². The Morgan fingerprint density at radius 3 is 2.23 bits per heavy atom. The van der Waals surface area contributed by atoms with Gasteiger partial charge in [0.05, 0.1) is 5.92 Å². The van der Waals surface area contributed by atoms with E-state index in [1.807, 2.05) is 0 Å². The Hall–Kier alpha value is -2.58. The number of halogens is 6. The molecule has 9 heteroatoms. The molecule has 0 saturated heterocycles. The van der Waals surface area contributed by atoms with Crippen molar-refractivity contribution in [2.45, 2.75) is 38.2 Å². The van der Waals surface area contributed by atoms with E-state index in [0.29, 0.717) is 30.2 Å². The summed E-state index contributed by atoms with van der Waals surface area (Å²) in [7, 11) is 0. The van der Waals surface area contributed by atoms with Gasteiger partial charge in [0.25, 0.3) is 0 Å². The summed E-state index contributed by atoms with van der Waals surface area (Å²) in [6.45, 7) is 0.430. The van der Waals surface area contributed by atoms with Crippen LogP contribution in [0.3, 0.4) is 0 Å². The molecule has 1 fully saturated rings. The van der Waals surface area contributed by atoms with E-state index in [-0.39, 0.29) is 24.5 Å². The molecule has 164 valence electrons. The number of ether oxygens (including phenoxy) is 2. The Balaban J connectivity index is 1.55. The molecular weight excluding hydrogens is 412 g/mol. The highest BCUT2D eigenvalue weighted by atomic mass is 19.4. The maximum Gasteiger partial charge on any atom is 0.573 e. The molecule has 1 aliphatic rings. The van der Waals surface area contributed by atoms with E-state index < -0.39 is 18.5 Å². The van der Waals surface area contributed by atoms with Crippen LogP contribution in [0, 0.1) is 11.8 Å². The zero-order valence-corrected chi connectivity index (χ0v) is 15.9. The van der Waals surface area contributed by atoms with Gasteiger partial charge in [0, 0.05) is 18.3 Å². The van der Waals surface area contributed by atoms with Gasteiger partial charge >= 0.3 is 12.5 Å². The van der Waals surface area contributed by atoms with Crippen LogP contribution in [0.25, 0.3) is 0 Å². The van der Waals surface area contributed by atoms with E-state index in [9.17, 15) is 26.3 Å². The molecule has 30 heavy (non-hydrogen) atoms. The monoisotopic (exact) mass is 433 g/mol. The average molecular weight is 433 g/mol. The molecule has 0 bridgehead atoms. The molecule has 0 amide bonds. The number of anilines is 1. The molecule has 2 aromatic carbocycles. The van der Waals surface area contributed by atoms with Crippen molar-refractivity contribution in [1.82, 2.24) is 0 Å². The molecule has 1 N–H and O–H groups in total. The van der Waals surface area contributed by atoms with Crippen LogP contribution in [0.2, 0.25) is 0 Å². The summed E-state index contributed by atoms with van der Waals surface area (Å²) in [4.78, 5) is 0. The van der Waals surface area contributed by atoms with Crippen molar-refractivity contribution < 1.29 is 35.8 Å². The molecule has 2 atom stereocenters. The molecule has 3 rings (SSSR count). The summed E-state index contributed by atoms with van der Waals surface area (Å²) in [5, 5.41) is 3.16.